The molecule has 2 aliphatic rings. The van der Waals surface area contributed by atoms with Gasteiger partial charge in [-0.25, -0.2) is 0 Å². The zero-order valence-corrected chi connectivity index (χ0v) is 16.4. The molecule has 150 valence electrons. The van der Waals surface area contributed by atoms with Crippen molar-refractivity contribution in [3.63, 3.8) is 0 Å². The third-order valence-electron chi connectivity index (χ3n) is 6.03. The number of nitrogens with zero attached hydrogens (tertiary/aromatic N) is 3. The maximum absolute atomic E-state index is 12.6. The third-order valence-corrected chi connectivity index (χ3v) is 6.03. The molecule has 4 heterocycles. The van der Waals surface area contributed by atoms with Gasteiger partial charge in [0, 0.05) is 31.9 Å². The van der Waals surface area contributed by atoms with Crippen LogP contribution >= 0.6 is 0 Å². The van der Waals surface area contributed by atoms with Gasteiger partial charge in [0.2, 0.25) is 5.91 Å². The van der Waals surface area contributed by atoms with E-state index in [4.69, 9.17) is 4.42 Å². The number of pyridine rings is 1. The van der Waals surface area contributed by atoms with Crippen LogP contribution in [0.1, 0.15) is 37.1 Å². The summed E-state index contributed by atoms with van der Waals surface area (Å²) >= 11 is 0. The average Bonchev–Trinajstić information content (AvgIpc) is 3.26. The number of carbonyl (C=O) groups excluding carboxylic acids is 1. The van der Waals surface area contributed by atoms with Crippen LogP contribution in [0.15, 0.2) is 47.2 Å². The fraction of sp³-hybridized carbons (Fsp3) is 0.545. The number of aromatic nitrogens is 1. The summed E-state index contributed by atoms with van der Waals surface area (Å²) in [6.07, 6.45) is 7.94. The first-order chi connectivity index (χ1) is 13.8. The van der Waals surface area contributed by atoms with Crippen LogP contribution in [0.2, 0.25) is 0 Å². The second-order valence-corrected chi connectivity index (χ2v) is 7.96. The molecule has 28 heavy (non-hydrogen) atoms. The smallest absolute Gasteiger partial charge is 0.224 e. The summed E-state index contributed by atoms with van der Waals surface area (Å²) in [5.41, 5.74) is 0.910. The minimum atomic E-state index is 0.0959. The van der Waals surface area contributed by atoms with Crippen LogP contribution in [0.25, 0.3) is 0 Å². The lowest BCUT2D eigenvalue weighted by atomic mass is 9.93. The Morgan fingerprint density at radius 2 is 2.04 bits per heavy atom. The molecule has 0 aliphatic carbocycles. The van der Waals surface area contributed by atoms with Gasteiger partial charge >= 0.3 is 0 Å². The Bertz CT molecular complexity index is 726. The van der Waals surface area contributed by atoms with Crippen molar-refractivity contribution in [1.29, 1.82) is 0 Å². The maximum atomic E-state index is 12.6. The highest BCUT2D eigenvalue weighted by Crippen LogP contribution is 2.24. The van der Waals surface area contributed by atoms with Crippen LogP contribution < -0.4 is 5.32 Å². The Morgan fingerprint density at radius 3 is 2.79 bits per heavy atom. The number of hydrogen-bond acceptors (Lipinski definition) is 5. The van der Waals surface area contributed by atoms with E-state index < -0.39 is 0 Å². The van der Waals surface area contributed by atoms with Crippen molar-refractivity contribution in [2.75, 3.05) is 26.2 Å². The molecule has 2 saturated heterocycles. The first kappa shape index (κ1) is 19.2. The number of piperidine rings is 2. The van der Waals surface area contributed by atoms with Crippen molar-refractivity contribution >= 4 is 5.91 Å². The molecule has 2 aromatic heterocycles. The Balaban J connectivity index is 1.23. The van der Waals surface area contributed by atoms with E-state index in [-0.39, 0.29) is 11.8 Å². The Morgan fingerprint density at radius 1 is 1.14 bits per heavy atom. The van der Waals surface area contributed by atoms with Crippen molar-refractivity contribution < 1.29 is 9.21 Å². The molecule has 0 unspecified atom stereocenters. The van der Waals surface area contributed by atoms with E-state index in [0.29, 0.717) is 12.6 Å². The molecule has 6 nitrogen and oxygen atoms in total. The Labute approximate surface area is 166 Å². The fourth-order valence-electron chi connectivity index (χ4n) is 4.44. The molecule has 0 aromatic carbocycles. The predicted molar refractivity (Wildman–Crippen MR) is 107 cm³/mol. The SMILES string of the molecule is O=C(NCc1ccccn1)[C@H]1CCCN(C2CCN(Cc3ccco3)CC2)C1. The lowest BCUT2D eigenvalue weighted by Crippen LogP contribution is -2.50. The minimum Gasteiger partial charge on any atom is -0.468 e. The van der Waals surface area contributed by atoms with Gasteiger partial charge in [0.25, 0.3) is 0 Å². The summed E-state index contributed by atoms with van der Waals surface area (Å²) < 4.78 is 5.47. The maximum Gasteiger partial charge on any atom is 0.224 e. The van der Waals surface area contributed by atoms with Crippen molar-refractivity contribution in [3.05, 3.63) is 54.2 Å². The summed E-state index contributed by atoms with van der Waals surface area (Å²) in [7, 11) is 0. The topological polar surface area (TPSA) is 61.6 Å². The molecule has 2 aromatic rings. The highest BCUT2D eigenvalue weighted by molar-refractivity contribution is 5.78. The average molecular weight is 383 g/mol. The molecule has 0 radical (unpaired) electrons. The molecule has 2 fully saturated rings. The minimum absolute atomic E-state index is 0.0959. The van der Waals surface area contributed by atoms with Crippen molar-refractivity contribution in [2.24, 2.45) is 5.92 Å². The fourth-order valence-corrected chi connectivity index (χ4v) is 4.44. The predicted octanol–water partition coefficient (Wildman–Crippen LogP) is 2.67. The van der Waals surface area contributed by atoms with E-state index in [9.17, 15) is 4.79 Å². The van der Waals surface area contributed by atoms with Crippen LogP contribution in [-0.2, 0) is 17.9 Å². The summed E-state index contributed by atoms with van der Waals surface area (Å²) in [6, 6.07) is 10.4. The molecule has 6 heteroatoms. The Hall–Kier alpha value is -2.18. The first-order valence-corrected chi connectivity index (χ1v) is 10.4. The quantitative estimate of drug-likeness (QED) is 0.832. The van der Waals surface area contributed by atoms with Crippen molar-refractivity contribution in [3.8, 4) is 0 Å². The van der Waals surface area contributed by atoms with Crippen LogP contribution in [0.5, 0.6) is 0 Å². The molecule has 2 aliphatic heterocycles. The summed E-state index contributed by atoms with van der Waals surface area (Å²) in [5, 5.41) is 3.08. The number of hydrogen-bond donors (Lipinski definition) is 1. The zero-order chi connectivity index (χ0) is 19.2. The molecule has 1 amide bonds. The molecular formula is C22H30N4O2. The van der Waals surface area contributed by atoms with E-state index in [0.717, 1.165) is 57.0 Å². The molecule has 0 bridgehead atoms. The summed E-state index contributed by atoms with van der Waals surface area (Å²) in [6.45, 7) is 5.61. The number of rotatable bonds is 6. The van der Waals surface area contributed by atoms with Gasteiger partial charge in [-0.1, -0.05) is 6.07 Å². The summed E-state index contributed by atoms with van der Waals surface area (Å²) in [5.74, 6) is 1.31. The zero-order valence-electron chi connectivity index (χ0n) is 16.4. The third kappa shape index (κ3) is 5.00. The van der Waals surface area contributed by atoms with Gasteiger partial charge in [0.15, 0.2) is 0 Å². The van der Waals surface area contributed by atoms with Crippen LogP contribution in [-0.4, -0.2) is 52.9 Å². The van der Waals surface area contributed by atoms with Gasteiger partial charge in [0.1, 0.15) is 5.76 Å². The number of nitrogens with one attached hydrogen (secondary N) is 1. The highest BCUT2D eigenvalue weighted by atomic mass is 16.3. The second kappa shape index (κ2) is 9.34. The number of likely N-dealkylation sites (tertiary alicyclic amines) is 2. The molecule has 1 N–H and O–H groups in total. The Kier molecular flexibility index (Phi) is 6.39. The second-order valence-electron chi connectivity index (χ2n) is 7.96. The molecule has 0 saturated carbocycles. The van der Waals surface area contributed by atoms with E-state index in [1.165, 1.54) is 12.8 Å². The van der Waals surface area contributed by atoms with Gasteiger partial charge < -0.3 is 9.73 Å². The summed E-state index contributed by atoms with van der Waals surface area (Å²) in [4.78, 5) is 21.9. The normalized spacial score (nSPS) is 22.2. The molecule has 4 rings (SSSR count). The molecular weight excluding hydrogens is 352 g/mol. The lowest BCUT2D eigenvalue weighted by Gasteiger charge is -2.41. The molecule has 0 spiro atoms. The van der Waals surface area contributed by atoms with E-state index in [1.807, 2.05) is 30.3 Å². The van der Waals surface area contributed by atoms with E-state index in [2.05, 4.69) is 20.1 Å². The van der Waals surface area contributed by atoms with Gasteiger partial charge in [0.05, 0.1) is 31.0 Å². The first-order valence-electron chi connectivity index (χ1n) is 10.4. The highest BCUT2D eigenvalue weighted by Gasteiger charge is 2.31. The number of furan rings is 1. The standard InChI is InChI=1S/C22H30N4O2/c27-22(24-15-19-6-1-2-10-23-19)18-5-3-11-26(16-18)20-8-12-25(13-9-20)17-21-7-4-14-28-21/h1-2,4,6-7,10,14,18,20H,3,5,8-9,11-13,15-17H2,(H,24,27)/t18-/m0/s1. The van der Waals surface area contributed by atoms with Crippen LogP contribution in [0.3, 0.4) is 0 Å². The number of carbonyl (C=O) groups is 1. The van der Waals surface area contributed by atoms with E-state index in [1.54, 1.807) is 12.5 Å². The number of amides is 1. The lowest BCUT2D eigenvalue weighted by molar-refractivity contribution is -0.127. The van der Waals surface area contributed by atoms with Crippen LogP contribution in [0.4, 0.5) is 0 Å². The van der Waals surface area contributed by atoms with Gasteiger partial charge in [-0.2, -0.15) is 0 Å². The van der Waals surface area contributed by atoms with Gasteiger partial charge in [-0.05, 0) is 56.5 Å². The van der Waals surface area contributed by atoms with Crippen molar-refractivity contribution in [2.45, 2.75) is 44.8 Å². The van der Waals surface area contributed by atoms with Crippen LogP contribution in [0, 0.1) is 5.92 Å². The molecule has 1 atom stereocenters. The van der Waals surface area contributed by atoms with Gasteiger partial charge in [-0.3, -0.25) is 19.6 Å². The largest absolute Gasteiger partial charge is 0.468 e. The van der Waals surface area contributed by atoms with Gasteiger partial charge in [-0.15, -0.1) is 0 Å². The van der Waals surface area contributed by atoms with E-state index >= 15 is 0 Å². The monoisotopic (exact) mass is 382 g/mol. The van der Waals surface area contributed by atoms with Crippen molar-refractivity contribution in [1.82, 2.24) is 20.1 Å².